The fourth-order valence-corrected chi connectivity index (χ4v) is 2.86. The Kier molecular flexibility index (Phi) is 4.31. The summed E-state index contributed by atoms with van der Waals surface area (Å²) >= 11 is 0. The zero-order valence-electron chi connectivity index (χ0n) is 12.2. The lowest BCUT2D eigenvalue weighted by Gasteiger charge is -2.28. The third-order valence-corrected chi connectivity index (χ3v) is 4.07. The zero-order chi connectivity index (χ0) is 15.5. The van der Waals surface area contributed by atoms with Crippen LogP contribution in [-0.4, -0.2) is 39.1 Å². The summed E-state index contributed by atoms with van der Waals surface area (Å²) < 4.78 is 1.33. The molecule has 0 saturated carbocycles. The number of Topliss-reactive ketones (excluding diaryl/α,β-unsaturated/α-hetero) is 1. The van der Waals surface area contributed by atoms with E-state index < -0.39 is 6.10 Å². The lowest BCUT2D eigenvalue weighted by molar-refractivity contribution is -0.121. The van der Waals surface area contributed by atoms with Gasteiger partial charge in [-0.05, 0) is 31.5 Å². The summed E-state index contributed by atoms with van der Waals surface area (Å²) in [6, 6.07) is 6.86. The molecule has 2 atom stereocenters. The van der Waals surface area contributed by atoms with Gasteiger partial charge in [0, 0.05) is 12.5 Å². The number of para-hydroxylation sites is 1. The summed E-state index contributed by atoms with van der Waals surface area (Å²) in [5, 5.41) is 13.5. The third-order valence-electron chi connectivity index (χ3n) is 4.07. The number of carbonyl (C=O) groups excluding carboxylic acids is 1. The first-order valence-electron chi connectivity index (χ1n) is 7.52. The first-order valence-corrected chi connectivity index (χ1v) is 7.52. The van der Waals surface area contributed by atoms with E-state index in [1.807, 2.05) is 6.07 Å². The maximum Gasteiger partial charge on any atom is 0.261 e. The van der Waals surface area contributed by atoms with Gasteiger partial charge in [0.15, 0.2) is 5.78 Å². The number of aliphatic hydroxyl groups excluding tert-OH is 1. The van der Waals surface area contributed by atoms with Gasteiger partial charge in [0.1, 0.15) is 0 Å². The Morgan fingerprint density at radius 2 is 2.23 bits per heavy atom. The average molecular weight is 301 g/mol. The van der Waals surface area contributed by atoms with E-state index in [0.717, 1.165) is 13.0 Å². The van der Waals surface area contributed by atoms with Crippen LogP contribution >= 0.6 is 0 Å². The first-order chi connectivity index (χ1) is 10.6. The number of nitrogens with one attached hydrogen (secondary N) is 1. The second-order valence-corrected chi connectivity index (χ2v) is 5.71. The minimum absolute atomic E-state index is 0.0123. The maximum absolute atomic E-state index is 12.3. The second kappa shape index (κ2) is 6.37. The molecule has 1 aromatic carbocycles. The topological polar surface area (TPSA) is 84.2 Å². The molecule has 0 unspecified atom stereocenters. The predicted octanol–water partition coefficient (Wildman–Crippen LogP) is 0.469. The molecule has 6 heteroatoms. The fourth-order valence-electron chi connectivity index (χ4n) is 2.86. The Hall–Kier alpha value is -2.05. The molecule has 22 heavy (non-hydrogen) atoms. The van der Waals surface area contributed by atoms with Crippen molar-refractivity contribution in [2.45, 2.75) is 38.0 Å². The standard InChI is InChI=1S/C16H19N3O3/c20-11(8-14-15(21)6-3-7-17-14)9-19-10-18-13-5-2-1-4-12(13)16(19)22/h1-2,4-5,10,14-15,17,21H,3,6-9H2/t14-,15-/m1/s1. The van der Waals surface area contributed by atoms with Gasteiger partial charge in [-0.1, -0.05) is 12.1 Å². The molecule has 0 amide bonds. The summed E-state index contributed by atoms with van der Waals surface area (Å²) in [7, 11) is 0. The molecular weight excluding hydrogens is 282 g/mol. The number of aliphatic hydroxyl groups is 1. The van der Waals surface area contributed by atoms with Gasteiger partial charge in [0.25, 0.3) is 5.56 Å². The van der Waals surface area contributed by atoms with Crippen LogP contribution in [0.5, 0.6) is 0 Å². The molecule has 2 N–H and O–H groups in total. The number of fused-ring (bicyclic) bond motifs is 1. The number of carbonyl (C=O) groups is 1. The van der Waals surface area contributed by atoms with Gasteiger partial charge < -0.3 is 10.4 Å². The Bertz CT molecular complexity index is 741. The number of hydrogen-bond donors (Lipinski definition) is 2. The second-order valence-electron chi connectivity index (χ2n) is 5.71. The van der Waals surface area contributed by atoms with Gasteiger partial charge in [-0.25, -0.2) is 4.98 Å². The molecule has 1 aliphatic heterocycles. The van der Waals surface area contributed by atoms with Gasteiger partial charge in [0.2, 0.25) is 0 Å². The van der Waals surface area contributed by atoms with Gasteiger partial charge in [-0.3, -0.25) is 14.2 Å². The number of nitrogens with zero attached hydrogens (tertiary/aromatic N) is 2. The molecule has 6 nitrogen and oxygen atoms in total. The largest absolute Gasteiger partial charge is 0.391 e. The Morgan fingerprint density at radius 1 is 1.41 bits per heavy atom. The van der Waals surface area contributed by atoms with Crippen LogP contribution in [0.3, 0.4) is 0 Å². The highest BCUT2D eigenvalue weighted by molar-refractivity contribution is 5.80. The number of rotatable bonds is 4. The molecule has 0 aliphatic carbocycles. The van der Waals surface area contributed by atoms with Gasteiger partial charge in [0.05, 0.1) is 29.9 Å². The summed E-state index contributed by atoms with van der Waals surface area (Å²) in [6.45, 7) is 0.800. The quantitative estimate of drug-likeness (QED) is 0.857. The molecule has 2 aromatic rings. The molecule has 0 spiro atoms. The van der Waals surface area contributed by atoms with Gasteiger partial charge in [-0.2, -0.15) is 0 Å². The minimum atomic E-state index is -0.496. The van der Waals surface area contributed by atoms with Crippen molar-refractivity contribution in [1.82, 2.24) is 14.9 Å². The van der Waals surface area contributed by atoms with Crippen LogP contribution in [0.4, 0.5) is 0 Å². The fraction of sp³-hybridized carbons (Fsp3) is 0.438. The van der Waals surface area contributed by atoms with Crippen molar-refractivity contribution in [1.29, 1.82) is 0 Å². The molecule has 2 heterocycles. The van der Waals surface area contributed by atoms with E-state index in [-0.39, 0.29) is 30.3 Å². The first kappa shape index (κ1) is 14.9. The van der Waals surface area contributed by atoms with Crippen molar-refractivity contribution in [3.05, 3.63) is 40.9 Å². The summed E-state index contributed by atoms with van der Waals surface area (Å²) in [5.74, 6) is -0.0855. The Labute approximate surface area is 127 Å². The zero-order valence-corrected chi connectivity index (χ0v) is 12.2. The number of aromatic nitrogens is 2. The van der Waals surface area contributed by atoms with E-state index in [1.54, 1.807) is 18.2 Å². The minimum Gasteiger partial charge on any atom is -0.391 e. The molecule has 1 aromatic heterocycles. The molecular formula is C16H19N3O3. The van der Waals surface area contributed by atoms with Crippen LogP contribution in [0, 0.1) is 0 Å². The van der Waals surface area contributed by atoms with Gasteiger partial charge in [-0.15, -0.1) is 0 Å². The maximum atomic E-state index is 12.3. The van der Waals surface area contributed by atoms with Crippen molar-refractivity contribution in [2.24, 2.45) is 0 Å². The molecule has 1 fully saturated rings. The van der Waals surface area contributed by atoms with E-state index in [4.69, 9.17) is 0 Å². The van der Waals surface area contributed by atoms with E-state index in [1.165, 1.54) is 10.9 Å². The highest BCUT2D eigenvalue weighted by atomic mass is 16.3. The Morgan fingerprint density at radius 3 is 3.05 bits per heavy atom. The number of hydrogen-bond acceptors (Lipinski definition) is 5. The predicted molar refractivity (Wildman–Crippen MR) is 82.7 cm³/mol. The summed E-state index contributed by atoms with van der Waals surface area (Å²) in [5.41, 5.74) is 0.414. The van der Waals surface area contributed by atoms with Crippen molar-refractivity contribution in [3.8, 4) is 0 Å². The smallest absolute Gasteiger partial charge is 0.261 e. The summed E-state index contributed by atoms with van der Waals surface area (Å²) in [6.07, 6.45) is 2.76. The van der Waals surface area contributed by atoms with Crippen molar-refractivity contribution in [3.63, 3.8) is 0 Å². The van der Waals surface area contributed by atoms with Crippen LogP contribution in [0.15, 0.2) is 35.4 Å². The molecule has 1 saturated heterocycles. The van der Waals surface area contributed by atoms with E-state index >= 15 is 0 Å². The van der Waals surface area contributed by atoms with Crippen molar-refractivity contribution in [2.75, 3.05) is 6.54 Å². The van der Waals surface area contributed by atoms with Crippen LogP contribution in [-0.2, 0) is 11.3 Å². The molecule has 0 radical (unpaired) electrons. The van der Waals surface area contributed by atoms with E-state index in [9.17, 15) is 14.7 Å². The third kappa shape index (κ3) is 3.08. The van der Waals surface area contributed by atoms with Crippen LogP contribution in [0.1, 0.15) is 19.3 Å². The van der Waals surface area contributed by atoms with E-state index in [2.05, 4.69) is 10.3 Å². The number of ketones is 1. The van der Waals surface area contributed by atoms with Crippen LogP contribution < -0.4 is 10.9 Å². The van der Waals surface area contributed by atoms with Gasteiger partial charge >= 0.3 is 0 Å². The average Bonchev–Trinajstić information content (AvgIpc) is 2.53. The van der Waals surface area contributed by atoms with Crippen LogP contribution in [0.25, 0.3) is 10.9 Å². The number of benzene rings is 1. The normalized spacial score (nSPS) is 21.9. The molecule has 0 bridgehead atoms. The molecule has 1 aliphatic rings. The monoisotopic (exact) mass is 301 g/mol. The number of piperidine rings is 1. The van der Waals surface area contributed by atoms with Crippen LogP contribution in [0.2, 0.25) is 0 Å². The van der Waals surface area contributed by atoms with Crippen molar-refractivity contribution < 1.29 is 9.90 Å². The highest BCUT2D eigenvalue weighted by Crippen LogP contribution is 2.12. The van der Waals surface area contributed by atoms with Crippen molar-refractivity contribution >= 4 is 16.7 Å². The molecule has 116 valence electrons. The lowest BCUT2D eigenvalue weighted by atomic mass is 9.97. The van der Waals surface area contributed by atoms with E-state index in [0.29, 0.717) is 17.3 Å². The summed E-state index contributed by atoms with van der Waals surface area (Å²) in [4.78, 5) is 28.7. The Balaban J connectivity index is 1.74. The lowest BCUT2D eigenvalue weighted by Crippen LogP contribution is -2.46. The molecule has 3 rings (SSSR count). The highest BCUT2D eigenvalue weighted by Gasteiger charge is 2.24. The SMILES string of the molecule is O=C(C[C@H]1NCCC[C@H]1O)Cn1cnc2ccccc2c1=O.